The molecule has 0 aliphatic carbocycles. The van der Waals surface area contributed by atoms with Gasteiger partial charge in [-0.05, 0) is 37.1 Å². The largest absolute Gasteiger partial charge is 0.437 e. The fourth-order valence-electron chi connectivity index (χ4n) is 3.20. The van der Waals surface area contributed by atoms with Crippen molar-refractivity contribution in [3.8, 4) is 11.6 Å². The summed E-state index contributed by atoms with van der Waals surface area (Å²) >= 11 is 0. The van der Waals surface area contributed by atoms with E-state index in [9.17, 15) is 4.79 Å². The molecule has 0 amide bonds. The number of ether oxygens (including phenoxy) is 1. The standard InChI is InChI=1S/C21H19N3O2/c22-16-8-5-13-23-21(16)26-19-10-4-9-17-15(19)11-12-18(24-17)20(25)14-6-2-1-3-7-14/h1-10,13,18,24H,11-12,22H2. The molecule has 3 N–H and O–H groups in total. The molecule has 1 aliphatic rings. The summed E-state index contributed by atoms with van der Waals surface area (Å²) in [5.41, 5.74) is 9.09. The molecule has 2 aromatic carbocycles. The van der Waals surface area contributed by atoms with Gasteiger partial charge in [0, 0.05) is 23.0 Å². The number of fused-ring (bicyclic) bond motifs is 1. The van der Waals surface area contributed by atoms with Gasteiger partial charge in [0.15, 0.2) is 5.78 Å². The van der Waals surface area contributed by atoms with E-state index in [1.807, 2.05) is 48.5 Å². The second kappa shape index (κ2) is 6.88. The number of nitrogens with one attached hydrogen (secondary N) is 1. The van der Waals surface area contributed by atoms with Gasteiger partial charge < -0.3 is 15.8 Å². The second-order valence-corrected chi connectivity index (χ2v) is 6.25. The van der Waals surface area contributed by atoms with Crippen LogP contribution in [-0.2, 0) is 6.42 Å². The summed E-state index contributed by atoms with van der Waals surface area (Å²) in [5, 5.41) is 3.35. The second-order valence-electron chi connectivity index (χ2n) is 6.25. The van der Waals surface area contributed by atoms with E-state index in [1.165, 1.54) is 0 Å². The molecule has 1 atom stereocenters. The molecule has 0 saturated heterocycles. The lowest BCUT2D eigenvalue weighted by molar-refractivity contribution is 0.0964. The Labute approximate surface area is 151 Å². The maximum absolute atomic E-state index is 12.7. The van der Waals surface area contributed by atoms with Crippen LogP contribution in [-0.4, -0.2) is 16.8 Å². The van der Waals surface area contributed by atoms with Gasteiger partial charge in [-0.15, -0.1) is 0 Å². The van der Waals surface area contributed by atoms with Crippen LogP contribution in [0.25, 0.3) is 0 Å². The summed E-state index contributed by atoms with van der Waals surface area (Å²) < 4.78 is 5.93. The van der Waals surface area contributed by atoms with Crippen LogP contribution in [0.3, 0.4) is 0 Å². The van der Waals surface area contributed by atoms with Crippen molar-refractivity contribution in [1.82, 2.24) is 4.98 Å². The lowest BCUT2D eigenvalue weighted by Gasteiger charge is -2.27. The number of ketones is 1. The third-order valence-electron chi connectivity index (χ3n) is 4.53. The lowest BCUT2D eigenvalue weighted by Crippen LogP contribution is -2.33. The number of carbonyl (C=O) groups excluding carboxylic acids is 1. The number of pyridine rings is 1. The van der Waals surface area contributed by atoms with E-state index in [4.69, 9.17) is 10.5 Å². The molecule has 2 heterocycles. The highest BCUT2D eigenvalue weighted by atomic mass is 16.5. The van der Waals surface area contributed by atoms with Gasteiger partial charge in [-0.3, -0.25) is 4.79 Å². The summed E-state index contributed by atoms with van der Waals surface area (Å²) in [4.78, 5) is 16.9. The molecule has 0 radical (unpaired) electrons. The van der Waals surface area contributed by atoms with Crippen LogP contribution in [0.1, 0.15) is 22.3 Å². The van der Waals surface area contributed by atoms with Gasteiger partial charge in [-0.25, -0.2) is 4.98 Å². The fraction of sp³-hybridized carbons (Fsp3) is 0.143. The number of nitrogen functional groups attached to an aromatic ring is 1. The van der Waals surface area contributed by atoms with E-state index >= 15 is 0 Å². The molecule has 130 valence electrons. The quantitative estimate of drug-likeness (QED) is 0.697. The van der Waals surface area contributed by atoms with Crippen LogP contribution >= 0.6 is 0 Å². The maximum atomic E-state index is 12.7. The third kappa shape index (κ3) is 3.11. The first-order valence-electron chi connectivity index (χ1n) is 8.58. The molecule has 0 bridgehead atoms. The van der Waals surface area contributed by atoms with E-state index in [0.717, 1.165) is 23.2 Å². The minimum Gasteiger partial charge on any atom is -0.437 e. The number of rotatable bonds is 4. The zero-order chi connectivity index (χ0) is 17.9. The van der Waals surface area contributed by atoms with E-state index in [2.05, 4.69) is 10.3 Å². The van der Waals surface area contributed by atoms with Crippen LogP contribution in [0.15, 0.2) is 66.9 Å². The summed E-state index contributed by atoms with van der Waals surface area (Å²) in [5.74, 6) is 1.21. The van der Waals surface area contributed by atoms with Crippen molar-refractivity contribution >= 4 is 17.2 Å². The molecular weight excluding hydrogens is 326 g/mol. The molecule has 5 heteroatoms. The zero-order valence-electron chi connectivity index (χ0n) is 14.2. The van der Waals surface area contributed by atoms with Gasteiger partial charge in [0.25, 0.3) is 0 Å². The van der Waals surface area contributed by atoms with E-state index < -0.39 is 0 Å². The topological polar surface area (TPSA) is 77.2 Å². The Kier molecular flexibility index (Phi) is 4.27. The van der Waals surface area contributed by atoms with Crippen LogP contribution < -0.4 is 15.8 Å². The SMILES string of the molecule is Nc1cccnc1Oc1cccc2c1CCC(C(=O)c1ccccc1)N2. The first kappa shape index (κ1) is 16.1. The van der Waals surface area contributed by atoms with Crippen molar-refractivity contribution in [2.45, 2.75) is 18.9 Å². The predicted molar refractivity (Wildman–Crippen MR) is 102 cm³/mol. The molecule has 3 aromatic rings. The number of benzene rings is 2. The van der Waals surface area contributed by atoms with E-state index in [-0.39, 0.29) is 11.8 Å². The number of nitrogens with two attached hydrogens (primary N) is 1. The van der Waals surface area contributed by atoms with E-state index in [1.54, 1.807) is 18.3 Å². The molecule has 5 nitrogen and oxygen atoms in total. The molecule has 1 aromatic heterocycles. The summed E-state index contributed by atoms with van der Waals surface area (Å²) in [6, 6.07) is 18.4. The Morgan fingerprint density at radius 2 is 1.92 bits per heavy atom. The Morgan fingerprint density at radius 3 is 2.73 bits per heavy atom. The molecule has 1 aliphatic heterocycles. The van der Waals surface area contributed by atoms with Crippen molar-refractivity contribution < 1.29 is 9.53 Å². The number of Topliss-reactive ketones (excluding diaryl/α,β-unsaturated/α-hetero) is 1. The van der Waals surface area contributed by atoms with Crippen LogP contribution in [0.2, 0.25) is 0 Å². The van der Waals surface area contributed by atoms with Crippen molar-refractivity contribution in [1.29, 1.82) is 0 Å². The first-order valence-corrected chi connectivity index (χ1v) is 8.58. The van der Waals surface area contributed by atoms with E-state index in [0.29, 0.717) is 23.7 Å². The Morgan fingerprint density at radius 1 is 1.08 bits per heavy atom. The molecule has 4 rings (SSSR count). The number of aromatic nitrogens is 1. The van der Waals surface area contributed by atoms with Gasteiger partial charge in [-0.2, -0.15) is 0 Å². The van der Waals surface area contributed by atoms with Crippen LogP contribution in [0.4, 0.5) is 11.4 Å². The maximum Gasteiger partial charge on any atom is 0.242 e. The minimum absolute atomic E-state index is 0.108. The summed E-state index contributed by atoms with van der Waals surface area (Å²) in [7, 11) is 0. The molecule has 26 heavy (non-hydrogen) atoms. The van der Waals surface area contributed by atoms with Gasteiger partial charge >= 0.3 is 0 Å². The summed E-state index contributed by atoms with van der Waals surface area (Å²) in [6.07, 6.45) is 3.10. The average molecular weight is 345 g/mol. The third-order valence-corrected chi connectivity index (χ3v) is 4.53. The Hall–Kier alpha value is -3.34. The summed E-state index contributed by atoms with van der Waals surface area (Å²) in [6.45, 7) is 0. The van der Waals surface area contributed by atoms with Gasteiger partial charge in [0.05, 0.1) is 11.7 Å². The normalized spacial score (nSPS) is 15.6. The highest BCUT2D eigenvalue weighted by Gasteiger charge is 2.26. The zero-order valence-corrected chi connectivity index (χ0v) is 14.2. The minimum atomic E-state index is -0.236. The molecule has 0 saturated carbocycles. The number of carbonyl (C=O) groups is 1. The molecular formula is C21H19N3O2. The highest BCUT2D eigenvalue weighted by molar-refractivity contribution is 6.02. The average Bonchev–Trinajstić information content (AvgIpc) is 2.69. The monoisotopic (exact) mass is 345 g/mol. The molecule has 0 spiro atoms. The van der Waals surface area contributed by atoms with Crippen molar-refractivity contribution in [3.05, 3.63) is 78.0 Å². The number of hydrogen-bond acceptors (Lipinski definition) is 5. The molecule has 0 fully saturated rings. The lowest BCUT2D eigenvalue weighted by atomic mass is 9.92. The fourth-order valence-corrected chi connectivity index (χ4v) is 3.20. The number of hydrogen-bond donors (Lipinski definition) is 2. The number of nitrogens with zero attached hydrogens (tertiary/aromatic N) is 1. The molecule has 1 unspecified atom stereocenters. The van der Waals surface area contributed by atoms with Gasteiger partial charge in [0.2, 0.25) is 5.88 Å². The van der Waals surface area contributed by atoms with Crippen molar-refractivity contribution in [2.24, 2.45) is 0 Å². The Balaban J connectivity index is 1.58. The van der Waals surface area contributed by atoms with Crippen molar-refractivity contribution in [2.75, 3.05) is 11.1 Å². The highest BCUT2D eigenvalue weighted by Crippen LogP contribution is 2.36. The predicted octanol–water partition coefficient (Wildman–Crippen LogP) is 4.07. The van der Waals surface area contributed by atoms with Gasteiger partial charge in [-0.1, -0.05) is 36.4 Å². The van der Waals surface area contributed by atoms with Crippen LogP contribution in [0.5, 0.6) is 11.6 Å². The number of anilines is 2. The van der Waals surface area contributed by atoms with Gasteiger partial charge in [0.1, 0.15) is 5.75 Å². The van der Waals surface area contributed by atoms with Crippen LogP contribution in [0, 0.1) is 0 Å². The smallest absolute Gasteiger partial charge is 0.242 e. The Bertz CT molecular complexity index is 941. The first-order chi connectivity index (χ1) is 12.7. The van der Waals surface area contributed by atoms with Crippen molar-refractivity contribution in [3.63, 3.8) is 0 Å².